The number of hydrogen-bond donors (Lipinski definition) is 1. The highest BCUT2D eigenvalue weighted by Crippen LogP contribution is 2.29. The van der Waals surface area contributed by atoms with Gasteiger partial charge in [-0.15, -0.1) is 0 Å². The molecule has 0 radical (unpaired) electrons. The third-order valence-corrected chi connectivity index (χ3v) is 5.55. The van der Waals surface area contributed by atoms with Crippen molar-refractivity contribution in [3.05, 3.63) is 35.6 Å². The molecule has 0 saturated carbocycles. The van der Waals surface area contributed by atoms with Gasteiger partial charge in [-0.3, -0.25) is 4.90 Å². The van der Waals surface area contributed by atoms with E-state index in [9.17, 15) is 0 Å². The Balaban J connectivity index is 1.86. The molecule has 4 heteroatoms. The van der Waals surface area contributed by atoms with Gasteiger partial charge in [0.05, 0.1) is 6.54 Å². The molecule has 0 spiro atoms. The van der Waals surface area contributed by atoms with E-state index < -0.39 is 0 Å². The van der Waals surface area contributed by atoms with Crippen LogP contribution in [0.15, 0.2) is 28.7 Å². The second-order valence-electron chi connectivity index (χ2n) is 5.67. The predicted octanol–water partition coefficient (Wildman–Crippen LogP) is 3.48. The van der Waals surface area contributed by atoms with Crippen LogP contribution in [0.5, 0.6) is 0 Å². The summed E-state index contributed by atoms with van der Waals surface area (Å²) in [6.45, 7) is 6.47. The van der Waals surface area contributed by atoms with Crippen LogP contribution in [0.1, 0.15) is 24.7 Å². The zero-order chi connectivity index (χ0) is 14.7. The average Bonchev–Trinajstić information content (AvgIpc) is 2.86. The first-order valence-electron chi connectivity index (χ1n) is 7.79. The van der Waals surface area contributed by atoms with Gasteiger partial charge < -0.3 is 9.73 Å². The van der Waals surface area contributed by atoms with E-state index >= 15 is 0 Å². The number of fused-ring (bicyclic) bond motifs is 1. The van der Waals surface area contributed by atoms with Crippen LogP contribution in [0.2, 0.25) is 0 Å². The lowest BCUT2D eigenvalue weighted by Gasteiger charge is -2.31. The van der Waals surface area contributed by atoms with Crippen molar-refractivity contribution in [2.24, 2.45) is 0 Å². The van der Waals surface area contributed by atoms with Crippen LogP contribution >= 0.6 is 11.8 Å². The fourth-order valence-corrected chi connectivity index (χ4v) is 4.27. The fourth-order valence-electron chi connectivity index (χ4n) is 3.02. The Labute approximate surface area is 131 Å². The summed E-state index contributed by atoms with van der Waals surface area (Å²) in [5, 5.41) is 5.28. The second kappa shape index (κ2) is 6.86. The molecule has 1 fully saturated rings. The topological polar surface area (TPSA) is 28.4 Å². The van der Waals surface area contributed by atoms with E-state index in [1.807, 2.05) is 13.1 Å². The molecule has 3 nitrogen and oxygen atoms in total. The molecule has 0 amide bonds. The number of nitrogens with zero attached hydrogens (tertiary/aromatic N) is 1. The van der Waals surface area contributed by atoms with E-state index in [0.717, 1.165) is 29.7 Å². The predicted molar refractivity (Wildman–Crippen MR) is 90.8 cm³/mol. The summed E-state index contributed by atoms with van der Waals surface area (Å²) >= 11 is 2.12. The van der Waals surface area contributed by atoms with Gasteiger partial charge in [-0.2, -0.15) is 11.8 Å². The molecule has 1 N–H and O–H groups in total. The minimum atomic E-state index is 0.782. The Hall–Kier alpha value is -0.970. The summed E-state index contributed by atoms with van der Waals surface area (Å²) in [6.07, 6.45) is 1.26. The summed E-state index contributed by atoms with van der Waals surface area (Å²) < 4.78 is 6.04. The first kappa shape index (κ1) is 14.9. The van der Waals surface area contributed by atoms with Gasteiger partial charge >= 0.3 is 0 Å². The quantitative estimate of drug-likeness (QED) is 0.915. The number of para-hydroxylation sites is 1. The Morgan fingerprint density at radius 1 is 1.38 bits per heavy atom. The maximum Gasteiger partial charge on any atom is 0.134 e. The highest BCUT2D eigenvalue weighted by Gasteiger charge is 2.22. The molecule has 1 aliphatic heterocycles. The van der Waals surface area contributed by atoms with Crippen molar-refractivity contribution in [3.8, 4) is 0 Å². The Bertz CT molecular complexity index is 595. The third-order valence-electron chi connectivity index (χ3n) is 4.18. The van der Waals surface area contributed by atoms with Crippen LogP contribution in [0, 0.1) is 0 Å². The van der Waals surface area contributed by atoms with Crippen molar-refractivity contribution in [3.63, 3.8) is 0 Å². The van der Waals surface area contributed by atoms with Gasteiger partial charge in [-0.1, -0.05) is 25.1 Å². The van der Waals surface area contributed by atoms with Crippen LogP contribution in [0.25, 0.3) is 11.0 Å². The van der Waals surface area contributed by atoms with E-state index in [1.165, 1.54) is 36.2 Å². The molecule has 2 aromatic rings. The van der Waals surface area contributed by atoms with Crippen LogP contribution in [-0.4, -0.2) is 36.0 Å². The number of nitrogens with one attached hydrogen (secondary N) is 1. The molecular formula is C17H24N2OS. The molecule has 2 heterocycles. The number of benzene rings is 1. The molecule has 1 unspecified atom stereocenters. The van der Waals surface area contributed by atoms with Crippen LogP contribution in [0.3, 0.4) is 0 Å². The largest absolute Gasteiger partial charge is 0.459 e. The molecule has 1 atom stereocenters. The highest BCUT2D eigenvalue weighted by molar-refractivity contribution is 8.00. The molecule has 1 aliphatic rings. The number of hydrogen-bond acceptors (Lipinski definition) is 4. The number of rotatable bonds is 5. The number of thioether (sulfide) groups is 1. The lowest BCUT2D eigenvalue weighted by Crippen LogP contribution is -2.37. The smallest absolute Gasteiger partial charge is 0.134 e. The normalized spacial score (nSPS) is 20.2. The molecular weight excluding hydrogens is 280 g/mol. The Morgan fingerprint density at radius 2 is 2.24 bits per heavy atom. The van der Waals surface area contributed by atoms with Gasteiger partial charge in [0.1, 0.15) is 11.3 Å². The van der Waals surface area contributed by atoms with E-state index in [-0.39, 0.29) is 0 Å². The van der Waals surface area contributed by atoms with Crippen molar-refractivity contribution < 1.29 is 4.42 Å². The summed E-state index contributed by atoms with van der Waals surface area (Å²) in [4.78, 5) is 2.58. The average molecular weight is 304 g/mol. The molecule has 3 rings (SSSR count). The van der Waals surface area contributed by atoms with Gasteiger partial charge in [0, 0.05) is 41.6 Å². The van der Waals surface area contributed by atoms with Crippen molar-refractivity contribution in [1.82, 2.24) is 10.2 Å². The summed E-state index contributed by atoms with van der Waals surface area (Å²) in [6, 6.07) is 8.40. The monoisotopic (exact) mass is 304 g/mol. The van der Waals surface area contributed by atoms with Crippen LogP contribution < -0.4 is 5.32 Å². The summed E-state index contributed by atoms with van der Waals surface area (Å²) in [5.41, 5.74) is 2.37. The summed E-state index contributed by atoms with van der Waals surface area (Å²) in [7, 11) is 1.97. The molecule has 114 valence electrons. The lowest BCUT2D eigenvalue weighted by molar-refractivity contribution is 0.271. The second-order valence-corrected chi connectivity index (χ2v) is 7.07. The zero-order valence-electron chi connectivity index (χ0n) is 12.9. The first-order chi connectivity index (χ1) is 10.3. The SMILES string of the molecule is CCC1CN(Cc2c(CNC)oc3ccccc23)CCS1. The third kappa shape index (κ3) is 3.28. The van der Waals surface area contributed by atoms with Crippen molar-refractivity contribution in [2.75, 3.05) is 25.9 Å². The van der Waals surface area contributed by atoms with Crippen LogP contribution in [0.4, 0.5) is 0 Å². The zero-order valence-corrected chi connectivity index (χ0v) is 13.7. The van der Waals surface area contributed by atoms with E-state index in [4.69, 9.17) is 4.42 Å². The minimum absolute atomic E-state index is 0.782. The molecule has 0 bridgehead atoms. The first-order valence-corrected chi connectivity index (χ1v) is 8.84. The Kier molecular flexibility index (Phi) is 4.88. The van der Waals surface area contributed by atoms with Gasteiger partial charge in [0.25, 0.3) is 0 Å². The van der Waals surface area contributed by atoms with E-state index in [2.05, 4.69) is 47.1 Å². The number of furan rings is 1. The summed E-state index contributed by atoms with van der Waals surface area (Å²) in [5.74, 6) is 2.33. The van der Waals surface area contributed by atoms with Crippen LogP contribution in [-0.2, 0) is 13.1 Å². The standard InChI is InChI=1S/C17H24N2OS/c1-3-13-11-19(8-9-21-13)12-15-14-6-4-5-7-16(14)20-17(15)10-18-2/h4-7,13,18H,3,8-12H2,1-2H3. The van der Waals surface area contributed by atoms with Gasteiger partial charge in [-0.25, -0.2) is 0 Å². The lowest BCUT2D eigenvalue weighted by atomic mass is 10.1. The molecule has 21 heavy (non-hydrogen) atoms. The van der Waals surface area contributed by atoms with Gasteiger partial charge in [-0.05, 0) is 19.5 Å². The molecule has 1 aromatic heterocycles. The minimum Gasteiger partial charge on any atom is -0.459 e. The van der Waals surface area contributed by atoms with E-state index in [1.54, 1.807) is 0 Å². The Morgan fingerprint density at radius 3 is 3.05 bits per heavy atom. The van der Waals surface area contributed by atoms with Crippen molar-refractivity contribution in [1.29, 1.82) is 0 Å². The fraction of sp³-hybridized carbons (Fsp3) is 0.529. The maximum absolute atomic E-state index is 6.04. The van der Waals surface area contributed by atoms with Gasteiger partial charge in [0.2, 0.25) is 0 Å². The maximum atomic E-state index is 6.04. The molecule has 0 aliphatic carbocycles. The molecule has 1 aromatic carbocycles. The van der Waals surface area contributed by atoms with E-state index in [0.29, 0.717) is 0 Å². The molecule has 1 saturated heterocycles. The highest BCUT2D eigenvalue weighted by atomic mass is 32.2. The van der Waals surface area contributed by atoms with Crippen molar-refractivity contribution >= 4 is 22.7 Å². The van der Waals surface area contributed by atoms with Gasteiger partial charge in [0.15, 0.2) is 0 Å². The van der Waals surface area contributed by atoms with Crippen molar-refractivity contribution in [2.45, 2.75) is 31.7 Å².